The van der Waals surface area contributed by atoms with Gasteiger partial charge in [0.2, 0.25) is 0 Å². The number of aliphatic hydroxyl groups excluding tert-OH is 1. The van der Waals surface area contributed by atoms with E-state index in [9.17, 15) is 4.79 Å². The van der Waals surface area contributed by atoms with Gasteiger partial charge in [-0.15, -0.1) is 0 Å². The number of hydrogen-bond acceptors (Lipinski definition) is 4. The predicted molar refractivity (Wildman–Crippen MR) is 70.7 cm³/mol. The van der Waals surface area contributed by atoms with Gasteiger partial charge in [-0.05, 0) is 26.0 Å². The van der Waals surface area contributed by atoms with Crippen LogP contribution in [-0.2, 0) is 0 Å². The van der Waals surface area contributed by atoms with Crippen molar-refractivity contribution in [2.45, 2.75) is 19.9 Å². The largest absolute Gasteiger partial charge is 0.497 e. The minimum Gasteiger partial charge on any atom is -0.497 e. The number of methoxy groups -OCH3 is 1. The molecule has 0 unspecified atom stereocenters. The molecule has 0 aliphatic carbocycles. The average Bonchev–Trinajstić information content (AvgIpc) is 2.34. The van der Waals surface area contributed by atoms with Crippen molar-refractivity contribution < 1.29 is 14.6 Å². The predicted octanol–water partition coefficient (Wildman–Crippen LogP) is 1.12. The Morgan fingerprint density at radius 2 is 2.17 bits per heavy atom. The second-order valence-electron chi connectivity index (χ2n) is 4.27. The van der Waals surface area contributed by atoms with Crippen molar-refractivity contribution in [3.05, 3.63) is 23.8 Å². The monoisotopic (exact) mass is 252 g/mol. The molecule has 0 saturated carbocycles. The molecule has 0 atom stereocenters. The van der Waals surface area contributed by atoms with Crippen LogP contribution in [0, 0.1) is 0 Å². The maximum absolute atomic E-state index is 12.3. The number of rotatable bonds is 5. The zero-order valence-corrected chi connectivity index (χ0v) is 11.0. The van der Waals surface area contributed by atoms with Crippen LogP contribution in [0.25, 0.3) is 0 Å². The van der Waals surface area contributed by atoms with E-state index in [2.05, 4.69) is 0 Å². The van der Waals surface area contributed by atoms with E-state index < -0.39 is 0 Å². The maximum Gasteiger partial charge on any atom is 0.256 e. The maximum atomic E-state index is 12.3. The highest BCUT2D eigenvalue weighted by molar-refractivity contribution is 5.99. The summed E-state index contributed by atoms with van der Waals surface area (Å²) in [6.45, 7) is 4.02. The van der Waals surface area contributed by atoms with Gasteiger partial charge in [0.1, 0.15) is 5.75 Å². The Balaban J connectivity index is 3.01. The molecule has 0 aliphatic rings. The molecule has 18 heavy (non-hydrogen) atoms. The van der Waals surface area contributed by atoms with Crippen LogP contribution < -0.4 is 10.5 Å². The number of hydrogen-bond donors (Lipinski definition) is 2. The fraction of sp³-hybridized carbons (Fsp3) is 0.462. The standard InChI is InChI=1S/C13H20N2O3/c1-9(2)15(6-7-16)13(17)11-5-4-10(18-3)8-12(11)14/h4-5,8-9,16H,6-7,14H2,1-3H3. The lowest BCUT2D eigenvalue weighted by molar-refractivity contribution is 0.0666. The van der Waals surface area contributed by atoms with Crippen molar-refractivity contribution in [3.63, 3.8) is 0 Å². The van der Waals surface area contributed by atoms with Crippen molar-refractivity contribution in [1.82, 2.24) is 4.90 Å². The molecule has 1 aromatic rings. The molecule has 5 nitrogen and oxygen atoms in total. The van der Waals surface area contributed by atoms with Crippen molar-refractivity contribution in [1.29, 1.82) is 0 Å². The van der Waals surface area contributed by atoms with Gasteiger partial charge in [0.05, 0.1) is 19.3 Å². The first-order chi connectivity index (χ1) is 8.51. The van der Waals surface area contributed by atoms with E-state index in [1.54, 1.807) is 30.2 Å². The number of nitrogens with zero attached hydrogens (tertiary/aromatic N) is 1. The normalized spacial score (nSPS) is 10.5. The lowest BCUT2D eigenvalue weighted by Crippen LogP contribution is -2.39. The number of amides is 1. The average molecular weight is 252 g/mol. The van der Waals surface area contributed by atoms with E-state index in [0.717, 1.165) is 0 Å². The Labute approximate surface area is 107 Å². The van der Waals surface area contributed by atoms with Gasteiger partial charge in [0.15, 0.2) is 0 Å². The van der Waals surface area contributed by atoms with Gasteiger partial charge in [-0.3, -0.25) is 4.79 Å². The first kappa shape index (κ1) is 14.3. The zero-order valence-electron chi connectivity index (χ0n) is 11.0. The van der Waals surface area contributed by atoms with Crippen molar-refractivity contribution in [3.8, 4) is 5.75 Å². The smallest absolute Gasteiger partial charge is 0.256 e. The summed E-state index contributed by atoms with van der Waals surface area (Å²) in [5.41, 5.74) is 6.65. The van der Waals surface area contributed by atoms with E-state index in [1.807, 2.05) is 13.8 Å². The van der Waals surface area contributed by atoms with Gasteiger partial charge in [-0.2, -0.15) is 0 Å². The molecule has 3 N–H and O–H groups in total. The van der Waals surface area contributed by atoms with Crippen LogP contribution >= 0.6 is 0 Å². The number of aliphatic hydroxyl groups is 1. The molecule has 0 aliphatic heterocycles. The topological polar surface area (TPSA) is 75.8 Å². The molecule has 100 valence electrons. The quantitative estimate of drug-likeness (QED) is 0.770. The first-order valence-corrected chi connectivity index (χ1v) is 5.86. The minimum absolute atomic E-state index is 0.00570. The molecule has 0 aromatic heterocycles. The highest BCUT2D eigenvalue weighted by atomic mass is 16.5. The van der Waals surface area contributed by atoms with Gasteiger partial charge in [0, 0.05) is 24.3 Å². The number of nitrogen functional groups attached to an aromatic ring is 1. The molecule has 1 aromatic carbocycles. The lowest BCUT2D eigenvalue weighted by Gasteiger charge is -2.26. The van der Waals surface area contributed by atoms with Crippen LogP contribution in [0.1, 0.15) is 24.2 Å². The summed E-state index contributed by atoms with van der Waals surface area (Å²) >= 11 is 0. The summed E-state index contributed by atoms with van der Waals surface area (Å²) in [6, 6.07) is 4.96. The van der Waals surface area contributed by atoms with Crippen LogP contribution in [0.2, 0.25) is 0 Å². The number of ether oxygens (including phenoxy) is 1. The Morgan fingerprint density at radius 1 is 1.50 bits per heavy atom. The molecule has 5 heteroatoms. The third-order valence-electron chi connectivity index (χ3n) is 2.71. The van der Waals surface area contributed by atoms with Gasteiger partial charge >= 0.3 is 0 Å². The van der Waals surface area contributed by atoms with E-state index in [-0.39, 0.29) is 18.6 Å². The lowest BCUT2D eigenvalue weighted by atomic mass is 10.1. The molecular weight excluding hydrogens is 232 g/mol. The third kappa shape index (κ3) is 3.13. The molecule has 1 rings (SSSR count). The molecule has 0 saturated heterocycles. The fourth-order valence-corrected chi connectivity index (χ4v) is 1.72. The summed E-state index contributed by atoms with van der Waals surface area (Å²) in [7, 11) is 1.54. The molecule has 0 spiro atoms. The van der Waals surface area contributed by atoms with E-state index >= 15 is 0 Å². The summed E-state index contributed by atoms with van der Waals surface area (Å²) < 4.78 is 5.04. The molecule has 0 bridgehead atoms. The Kier molecular flexibility index (Phi) is 4.97. The SMILES string of the molecule is COc1ccc(C(=O)N(CCO)C(C)C)c(N)c1. The van der Waals surface area contributed by atoms with Crippen LogP contribution in [0.4, 0.5) is 5.69 Å². The highest BCUT2D eigenvalue weighted by Crippen LogP contribution is 2.21. The van der Waals surface area contributed by atoms with Gasteiger partial charge < -0.3 is 20.5 Å². The highest BCUT2D eigenvalue weighted by Gasteiger charge is 2.20. The Hall–Kier alpha value is -1.75. The summed E-state index contributed by atoms with van der Waals surface area (Å²) in [5, 5.41) is 8.99. The minimum atomic E-state index is -0.181. The number of nitrogens with two attached hydrogens (primary N) is 1. The molecule has 0 fully saturated rings. The fourth-order valence-electron chi connectivity index (χ4n) is 1.72. The van der Waals surface area contributed by atoms with Gasteiger partial charge in [0.25, 0.3) is 5.91 Å². The van der Waals surface area contributed by atoms with Crippen molar-refractivity contribution in [2.75, 3.05) is 26.0 Å². The number of benzene rings is 1. The first-order valence-electron chi connectivity index (χ1n) is 5.86. The summed E-state index contributed by atoms with van der Waals surface area (Å²) in [5.74, 6) is 0.432. The Morgan fingerprint density at radius 3 is 2.61 bits per heavy atom. The molecule has 0 radical (unpaired) electrons. The molecule has 0 heterocycles. The summed E-state index contributed by atoms with van der Waals surface area (Å²) in [4.78, 5) is 13.9. The van der Waals surface area contributed by atoms with Crippen LogP contribution in [0.5, 0.6) is 5.75 Å². The van der Waals surface area contributed by atoms with Gasteiger partial charge in [-0.1, -0.05) is 0 Å². The number of carbonyl (C=O) groups is 1. The van der Waals surface area contributed by atoms with E-state index in [4.69, 9.17) is 15.6 Å². The number of carbonyl (C=O) groups excluding carboxylic acids is 1. The third-order valence-corrected chi connectivity index (χ3v) is 2.71. The van der Waals surface area contributed by atoms with Crippen LogP contribution in [-0.4, -0.2) is 42.2 Å². The zero-order chi connectivity index (χ0) is 13.7. The Bertz CT molecular complexity index is 419. The summed E-state index contributed by atoms with van der Waals surface area (Å²) in [6.07, 6.45) is 0. The van der Waals surface area contributed by atoms with Crippen LogP contribution in [0.15, 0.2) is 18.2 Å². The van der Waals surface area contributed by atoms with Crippen molar-refractivity contribution in [2.24, 2.45) is 0 Å². The second-order valence-corrected chi connectivity index (χ2v) is 4.27. The van der Waals surface area contributed by atoms with Crippen LogP contribution in [0.3, 0.4) is 0 Å². The van der Waals surface area contributed by atoms with E-state index in [0.29, 0.717) is 23.5 Å². The molecular formula is C13H20N2O3. The van der Waals surface area contributed by atoms with Crippen molar-refractivity contribution >= 4 is 11.6 Å². The molecule has 1 amide bonds. The van der Waals surface area contributed by atoms with E-state index in [1.165, 1.54) is 0 Å². The van der Waals surface area contributed by atoms with Gasteiger partial charge in [-0.25, -0.2) is 0 Å². The second kappa shape index (κ2) is 6.26. The number of anilines is 1.